The lowest BCUT2D eigenvalue weighted by molar-refractivity contribution is -0.125. The van der Waals surface area contributed by atoms with Gasteiger partial charge in [0, 0.05) is 10.4 Å². The number of amides is 4. The fraction of sp³-hybridized carbons (Fsp3) is 0.250. The number of aryl methyl sites for hydroxylation is 2. The summed E-state index contributed by atoms with van der Waals surface area (Å²) in [6.45, 7) is 3.87. The van der Waals surface area contributed by atoms with Crippen LogP contribution in [0.3, 0.4) is 0 Å². The predicted octanol–water partition coefficient (Wildman–Crippen LogP) is 2.06. The van der Waals surface area contributed by atoms with E-state index in [1.54, 1.807) is 24.3 Å². The molecule has 0 atom stereocenters. The molecule has 1 aliphatic rings. The number of anilines is 1. The Kier molecular flexibility index (Phi) is 4.30. The Morgan fingerprint density at radius 1 is 1.33 bits per heavy atom. The smallest absolute Gasteiger partial charge is 0.324 e. The van der Waals surface area contributed by atoms with Crippen LogP contribution >= 0.6 is 11.3 Å². The van der Waals surface area contributed by atoms with Gasteiger partial charge in [-0.25, -0.2) is 9.78 Å². The minimum absolute atomic E-state index is 0.00906. The van der Waals surface area contributed by atoms with Gasteiger partial charge in [0.15, 0.2) is 5.13 Å². The number of thiazole rings is 1. The van der Waals surface area contributed by atoms with Gasteiger partial charge in [0.2, 0.25) is 5.91 Å². The molecule has 0 aliphatic carbocycles. The first-order valence-electron chi connectivity index (χ1n) is 7.37. The van der Waals surface area contributed by atoms with E-state index in [4.69, 9.17) is 0 Å². The average Bonchev–Trinajstić information content (AvgIpc) is 3.03. The van der Waals surface area contributed by atoms with E-state index in [0.717, 1.165) is 15.5 Å². The van der Waals surface area contributed by atoms with Crippen molar-refractivity contribution in [2.24, 2.45) is 0 Å². The number of nitrogens with one attached hydrogen (secondary N) is 2. The summed E-state index contributed by atoms with van der Waals surface area (Å²) >= 11 is 1.41. The van der Waals surface area contributed by atoms with Crippen molar-refractivity contribution < 1.29 is 14.4 Å². The van der Waals surface area contributed by atoms with Gasteiger partial charge < -0.3 is 5.32 Å². The summed E-state index contributed by atoms with van der Waals surface area (Å²) < 4.78 is 0. The molecule has 1 aliphatic heterocycles. The Morgan fingerprint density at radius 3 is 2.71 bits per heavy atom. The number of rotatable bonds is 4. The normalized spacial score (nSPS) is 14.0. The number of imide groups is 1. The Labute approximate surface area is 142 Å². The second-order valence-electron chi connectivity index (χ2n) is 5.41. The van der Waals surface area contributed by atoms with Gasteiger partial charge in [-0.2, -0.15) is 0 Å². The van der Waals surface area contributed by atoms with Gasteiger partial charge in [0.25, 0.3) is 5.91 Å². The Hall–Kier alpha value is -2.74. The van der Waals surface area contributed by atoms with E-state index in [2.05, 4.69) is 15.6 Å². The maximum atomic E-state index is 12.5. The maximum absolute atomic E-state index is 12.5. The summed E-state index contributed by atoms with van der Waals surface area (Å²) in [6, 6.07) is 6.45. The fourth-order valence-electron chi connectivity index (χ4n) is 2.36. The molecule has 4 amide bonds. The first kappa shape index (κ1) is 16.1. The van der Waals surface area contributed by atoms with E-state index < -0.39 is 6.03 Å². The largest absolute Gasteiger partial charge is 0.329 e. The molecule has 7 nitrogen and oxygen atoms in total. The molecule has 8 heteroatoms. The van der Waals surface area contributed by atoms with Crippen LogP contribution in [-0.2, 0) is 11.3 Å². The highest BCUT2D eigenvalue weighted by Crippen LogP contribution is 2.22. The topological polar surface area (TPSA) is 91.4 Å². The molecule has 0 unspecified atom stereocenters. The van der Waals surface area contributed by atoms with E-state index in [9.17, 15) is 14.4 Å². The summed E-state index contributed by atoms with van der Waals surface area (Å²) in [5, 5.41) is 5.77. The first-order valence-corrected chi connectivity index (χ1v) is 8.19. The van der Waals surface area contributed by atoms with Gasteiger partial charge in [-0.15, -0.1) is 11.3 Å². The fourth-order valence-corrected chi connectivity index (χ4v) is 3.17. The quantitative estimate of drug-likeness (QED) is 0.831. The van der Waals surface area contributed by atoms with Crippen molar-refractivity contribution in [3.05, 3.63) is 46.0 Å². The van der Waals surface area contributed by atoms with Crippen molar-refractivity contribution >= 4 is 34.3 Å². The van der Waals surface area contributed by atoms with Gasteiger partial charge in [0.1, 0.15) is 0 Å². The molecule has 1 fully saturated rings. The third-order valence-corrected chi connectivity index (χ3v) is 4.76. The lowest BCUT2D eigenvalue weighted by Crippen LogP contribution is -2.31. The average molecular weight is 344 g/mol. The monoisotopic (exact) mass is 344 g/mol. The van der Waals surface area contributed by atoms with Gasteiger partial charge >= 0.3 is 6.03 Å². The van der Waals surface area contributed by atoms with Crippen molar-refractivity contribution in [3.63, 3.8) is 0 Å². The summed E-state index contributed by atoms with van der Waals surface area (Å²) in [5.74, 6) is -0.618. The third kappa shape index (κ3) is 3.13. The van der Waals surface area contributed by atoms with Gasteiger partial charge in [0.05, 0.1) is 18.8 Å². The Morgan fingerprint density at radius 2 is 2.08 bits per heavy atom. The summed E-state index contributed by atoms with van der Waals surface area (Å²) in [5.41, 5.74) is 1.89. The van der Waals surface area contributed by atoms with Crippen LogP contribution in [0.2, 0.25) is 0 Å². The molecule has 0 bridgehead atoms. The second kappa shape index (κ2) is 6.40. The Balaban J connectivity index is 1.81. The van der Waals surface area contributed by atoms with Crippen molar-refractivity contribution in [3.8, 4) is 0 Å². The SMILES string of the molecule is Cc1nc(NC(=O)c2ccccc2CN2C(=O)CNC2=O)sc1C. The number of carbonyl (C=O) groups is 3. The molecule has 0 spiro atoms. The van der Waals surface area contributed by atoms with Crippen molar-refractivity contribution in [1.29, 1.82) is 0 Å². The number of hydrogen-bond donors (Lipinski definition) is 2. The van der Waals surface area contributed by atoms with Gasteiger partial charge in [-0.05, 0) is 25.5 Å². The molecule has 2 N–H and O–H groups in total. The zero-order chi connectivity index (χ0) is 17.3. The van der Waals surface area contributed by atoms with Crippen LogP contribution < -0.4 is 10.6 Å². The molecule has 2 heterocycles. The van der Waals surface area contributed by atoms with Crippen molar-refractivity contribution in [2.75, 3.05) is 11.9 Å². The van der Waals surface area contributed by atoms with E-state index in [1.807, 2.05) is 13.8 Å². The zero-order valence-corrected chi connectivity index (χ0v) is 14.1. The van der Waals surface area contributed by atoms with Crippen molar-refractivity contribution in [1.82, 2.24) is 15.2 Å². The van der Waals surface area contributed by atoms with Crippen LogP contribution in [-0.4, -0.2) is 34.3 Å². The minimum atomic E-state index is -0.443. The third-order valence-electron chi connectivity index (χ3n) is 3.78. The predicted molar refractivity (Wildman–Crippen MR) is 89.9 cm³/mol. The number of carbonyl (C=O) groups excluding carboxylic acids is 3. The number of aromatic nitrogens is 1. The van der Waals surface area contributed by atoms with Crippen LogP contribution in [0.5, 0.6) is 0 Å². The number of hydrogen-bond acceptors (Lipinski definition) is 5. The second-order valence-corrected chi connectivity index (χ2v) is 6.61. The van der Waals surface area contributed by atoms with Crippen LogP contribution in [0, 0.1) is 13.8 Å². The standard InChI is InChI=1S/C16H16N4O3S/c1-9-10(2)24-15(18-9)19-14(22)12-6-4-3-5-11(12)8-20-13(21)7-17-16(20)23/h3-6H,7-8H2,1-2H3,(H,17,23)(H,18,19,22). The molecule has 1 saturated heterocycles. The van der Waals surface area contributed by atoms with Gasteiger partial charge in [-0.3, -0.25) is 19.8 Å². The van der Waals surface area contributed by atoms with Gasteiger partial charge in [-0.1, -0.05) is 18.2 Å². The molecule has 1 aromatic carbocycles. The van der Waals surface area contributed by atoms with Crippen LogP contribution in [0.4, 0.5) is 9.93 Å². The van der Waals surface area contributed by atoms with E-state index in [-0.39, 0.29) is 24.9 Å². The van der Waals surface area contributed by atoms with E-state index in [0.29, 0.717) is 16.3 Å². The highest BCUT2D eigenvalue weighted by Gasteiger charge is 2.29. The highest BCUT2D eigenvalue weighted by atomic mass is 32.1. The molecule has 2 aromatic rings. The molecule has 1 aromatic heterocycles. The van der Waals surface area contributed by atoms with Crippen LogP contribution in [0.15, 0.2) is 24.3 Å². The van der Waals surface area contributed by atoms with E-state index in [1.165, 1.54) is 11.3 Å². The number of urea groups is 1. The lowest BCUT2D eigenvalue weighted by Gasteiger charge is -2.15. The number of nitrogens with zero attached hydrogens (tertiary/aromatic N) is 2. The summed E-state index contributed by atoms with van der Waals surface area (Å²) in [6.07, 6.45) is 0. The Bertz CT molecular complexity index is 795. The molecular formula is C16H16N4O3S. The first-order chi connectivity index (χ1) is 11.5. The minimum Gasteiger partial charge on any atom is -0.329 e. The maximum Gasteiger partial charge on any atom is 0.324 e. The molecular weight excluding hydrogens is 328 g/mol. The highest BCUT2D eigenvalue weighted by molar-refractivity contribution is 7.15. The molecule has 0 saturated carbocycles. The summed E-state index contributed by atoms with van der Waals surface area (Å²) in [7, 11) is 0. The van der Waals surface area contributed by atoms with Crippen LogP contribution in [0.1, 0.15) is 26.5 Å². The molecule has 0 radical (unpaired) electrons. The van der Waals surface area contributed by atoms with E-state index >= 15 is 0 Å². The summed E-state index contributed by atoms with van der Waals surface area (Å²) in [4.78, 5) is 42.4. The zero-order valence-electron chi connectivity index (χ0n) is 13.3. The lowest BCUT2D eigenvalue weighted by atomic mass is 10.1. The molecule has 3 rings (SSSR count). The van der Waals surface area contributed by atoms with Crippen molar-refractivity contribution in [2.45, 2.75) is 20.4 Å². The van der Waals surface area contributed by atoms with Crippen LogP contribution in [0.25, 0.3) is 0 Å². The number of benzene rings is 1. The molecule has 124 valence electrons. The molecule has 24 heavy (non-hydrogen) atoms.